The highest BCUT2D eigenvalue weighted by Gasteiger charge is 2.45. The highest BCUT2D eigenvalue weighted by molar-refractivity contribution is 6.30. The zero-order valence-corrected chi connectivity index (χ0v) is 18.7. The fraction of sp³-hybridized carbons (Fsp3) is 0.545. The van der Waals surface area contributed by atoms with Crippen LogP contribution < -0.4 is 5.32 Å². The van der Waals surface area contributed by atoms with Crippen LogP contribution in [0, 0.1) is 5.92 Å². The van der Waals surface area contributed by atoms with Crippen LogP contribution in [0.1, 0.15) is 44.9 Å². The van der Waals surface area contributed by atoms with Gasteiger partial charge < -0.3 is 15.0 Å². The highest BCUT2D eigenvalue weighted by atomic mass is 35.5. The summed E-state index contributed by atoms with van der Waals surface area (Å²) >= 11 is 6.33. The molecule has 0 aromatic rings. The molecule has 1 unspecified atom stereocenters. The SMILES string of the molecule is O=C(C[C@H]1CCCCN1C(=O)C(F)(F)F)NC1=CCC(C2=C(OC(F)(F)F)C=CCC2)C(Cl)=C1. The molecule has 5 nitrogen and oxygen atoms in total. The molecular formula is C22H23ClF6N2O3. The Kier molecular flexibility index (Phi) is 8.05. The standard InChI is InChI=1S/C22H23ClF6N2O3/c23-17-11-13(8-9-15(17)16-6-1-2-7-18(16)34-22(27,28)29)30-19(32)12-14-5-3-4-10-31(14)20(33)21(24,25)26/h2,7-8,11,14-15H,1,3-6,9-10,12H2,(H,30,32)/t14-,15?/m1/s1. The lowest BCUT2D eigenvalue weighted by Crippen LogP contribution is -2.50. The quantitative estimate of drug-likeness (QED) is 0.488. The molecule has 0 saturated carbocycles. The molecule has 12 heteroatoms. The molecule has 0 radical (unpaired) electrons. The number of allylic oxidation sites excluding steroid dienone is 6. The molecule has 0 bridgehead atoms. The van der Waals surface area contributed by atoms with Gasteiger partial charge in [-0.1, -0.05) is 23.8 Å². The van der Waals surface area contributed by atoms with Crippen LogP contribution in [0.4, 0.5) is 26.3 Å². The van der Waals surface area contributed by atoms with Crippen molar-refractivity contribution in [2.75, 3.05) is 6.54 Å². The Morgan fingerprint density at radius 3 is 2.56 bits per heavy atom. The number of carbonyl (C=O) groups excluding carboxylic acids is 2. The number of nitrogens with one attached hydrogen (secondary N) is 1. The summed E-state index contributed by atoms with van der Waals surface area (Å²) in [5, 5.41) is 2.77. The van der Waals surface area contributed by atoms with Crippen molar-refractivity contribution < 1.29 is 40.7 Å². The molecule has 1 saturated heterocycles. The molecule has 0 spiro atoms. The maximum atomic E-state index is 12.9. The van der Waals surface area contributed by atoms with Gasteiger partial charge in [-0.15, -0.1) is 13.2 Å². The highest BCUT2D eigenvalue weighted by Crippen LogP contribution is 2.39. The number of carbonyl (C=O) groups is 2. The fourth-order valence-corrected chi connectivity index (χ4v) is 4.70. The van der Waals surface area contributed by atoms with E-state index in [0.29, 0.717) is 41.9 Å². The first kappa shape index (κ1) is 26.2. The van der Waals surface area contributed by atoms with Crippen molar-refractivity contribution in [1.29, 1.82) is 0 Å². The van der Waals surface area contributed by atoms with Crippen molar-refractivity contribution in [1.82, 2.24) is 10.2 Å². The average molecular weight is 513 g/mol. The van der Waals surface area contributed by atoms with E-state index in [1.165, 1.54) is 12.2 Å². The van der Waals surface area contributed by atoms with Crippen molar-refractivity contribution in [2.24, 2.45) is 5.92 Å². The first-order valence-electron chi connectivity index (χ1n) is 10.8. The molecule has 188 valence electrons. The van der Waals surface area contributed by atoms with Crippen molar-refractivity contribution in [3.63, 3.8) is 0 Å². The van der Waals surface area contributed by atoms with E-state index < -0.39 is 36.3 Å². The average Bonchev–Trinajstić information content (AvgIpc) is 2.72. The van der Waals surface area contributed by atoms with Gasteiger partial charge in [0, 0.05) is 35.7 Å². The maximum absolute atomic E-state index is 12.9. The van der Waals surface area contributed by atoms with Gasteiger partial charge in [0.2, 0.25) is 5.91 Å². The Hall–Kier alpha value is -2.43. The number of nitrogens with zero attached hydrogens (tertiary/aromatic N) is 1. The number of rotatable bonds is 5. The summed E-state index contributed by atoms with van der Waals surface area (Å²) in [7, 11) is 0. The van der Waals surface area contributed by atoms with E-state index in [9.17, 15) is 35.9 Å². The number of likely N-dealkylation sites (tertiary alicyclic amines) is 1. The van der Waals surface area contributed by atoms with Crippen molar-refractivity contribution in [2.45, 2.75) is 63.5 Å². The van der Waals surface area contributed by atoms with Crippen LogP contribution in [0.25, 0.3) is 0 Å². The molecule has 1 fully saturated rings. The topological polar surface area (TPSA) is 58.6 Å². The van der Waals surface area contributed by atoms with Crippen LogP contribution in [-0.2, 0) is 14.3 Å². The van der Waals surface area contributed by atoms with Crippen LogP contribution in [-0.4, -0.2) is 41.8 Å². The van der Waals surface area contributed by atoms with E-state index in [2.05, 4.69) is 10.1 Å². The summed E-state index contributed by atoms with van der Waals surface area (Å²) in [5.74, 6) is -3.40. The molecule has 3 aliphatic rings. The van der Waals surface area contributed by atoms with Gasteiger partial charge in [-0.05, 0) is 56.3 Å². The molecule has 2 amide bonds. The first-order chi connectivity index (χ1) is 15.8. The van der Waals surface area contributed by atoms with Gasteiger partial charge in [0.15, 0.2) is 0 Å². The Balaban J connectivity index is 1.65. The molecule has 1 N–H and O–H groups in total. The smallest absolute Gasteiger partial charge is 0.406 e. The van der Waals surface area contributed by atoms with Crippen LogP contribution in [0.3, 0.4) is 0 Å². The van der Waals surface area contributed by atoms with Crippen molar-refractivity contribution in [3.8, 4) is 0 Å². The van der Waals surface area contributed by atoms with Gasteiger partial charge in [0.25, 0.3) is 0 Å². The number of amides is 2. The zero-order valence-electron chi connectivity index (χ0n) is 17.9. The van der Waals surface area contributed by atoms with Gasteiger partial charge >= 0.3 is 18.4 Å². The molecular weight excluding hydrogens is 490 g/mol. The summed E-state index contributed by atoms with van der Waals surface area (Å²) in [6.07, 6.45) is -1.97. The normalized spacial score (nSPS) is 23.9. The summed E-state index contributed by atoms with van der Waals surface area (Å²) in [6, 6.07) is -0.875. The Labute approximate surface area is 197 Å². The second kappa shape index (κ2) is 10.5. The summed E-state index contributed by atoms with van der Waals surface area (Å²) in [5.41, 5.74) is 0.687. The number of ether oxygens (including phenoxy) is 1. The minimum atomic E-state index is -5.01. The number of hydrogen-bond donors (Lipinski definition) is 1. The second-order valence-electron chi connectivity index (χ2n) is 8.25. The fourth-order valence-electron chi connectivity index (χ4n) is 4.36. The van der Waals surface area contributed by atoms with E-state index in [1.54, 1.807) is 12.2 Å². The predicted octanol–water partition coefficient (Wildman–Crippen LogP) is 5.60. The predicted molar refractivity (Wildman–Crippen MR) is 111 cm³/mol. The van der Waals surface area contributed by atoms with Crippen LogP contribution >= 0.6 is 11.6 Å². The van der Waals surface area contributed by atoms with E-state index in [1.807, 2.05) is 0 Å². The van der Waals surface area contributed by atoms with Crippen LogP contribution in [0.2, 0.25) is 0 Å². The molecule has 2 aliphatic carbocycles. The largest absolute Gasteiger partial charge is 0.573 e. The lowest BCUT2D eigenvalue weighted by atomic mass is 9.85. The first-order valence-corrected chi connectivity index (χ1v) is 11.1. The number of hydrogen-bond acceptors (Lipinski definition) is 3. The van der Waals surface area contributed by atoms with Crippen LogP contribution in [0.15, 0.2) is 46.4 Å². The van der Waals surface area contributed by atoms with Crippen molar-refractivity contribution in [3.05, 3.63) is 46.4 Å². The third-order valence-electron chi connectivity index (χ3n) is 5.85. The van der Waals surface area contributed by atoms with Gasteiger partial charge in [-0.3, -0.25) is 9.59 Å². The third-order valence-corrected chi connectivity index (χ3v) is 6.22. The zero-order chi connectivity index (χ0) is 25.1. The molecule has 1 aliphatic heterocycles. The summed E-state index contributed by atoms with van der Waals surface area (Å²) in [4.78, 5) is 24.9. The molecule has 3 rings (SSSR count). The summed E-state index contributed by atoms with van der Waals surface area (Å²) < 4.78 is 80.9. The lowest BCUT2D eigenvalue weighted by molar-refractivity contribution is -0.304. The van der Waals surface area contributed by atoms with E-state index in [-0.39, 0.29) is 36.6 Å². The number of halogens is 7. The van der Waals surface area contributed by atoms with Crippen LogP contribution in [0.5, 0.6) is 0 Å². The monoisotopic (exact) mass is 512 g/mol. The maximum Gasteiger partial charge on any atom is 0.573 e. The van der Waals surface area contributed by atoms with E-state index >= 15 is 0 Å². The van der Waals surface area contributed by atoms with E-state index in [4.69, 9.17) is 11.6 Å². The number of piperidine rings is 1. The molecule has 1 heterocycles. The third kappa shape index (κ3) is 6.80. The Morgan fingerprint density at radius 2 is 1.91 bits per heavy atom. The number of alkyl halides is 6. The van der Waals surface area contributed by atoms with Gasteiger partial charge in [0.05, 0.1) is 0 Å². The van der Waals surface area contributed by atoms with Crippen molar-refractivity contribution >= 4 is 23.4 Å². The molecule has 0 aromatic carbocycles. The minimum Gasteiger partial charge on any atom is -0.406 e. The Morgan fingerprint density at radius 1 is 1.18 bits per heavy atom. The van der Waals surface area contributed by atoms with Gasteiger partial charge in [0.1, 0.15) is 5.76 Å². The second-order valence-corrected chi connectivity index (χ2v) is 8.69. The van der Waals surface area contributed by atoms with Gasteiger partial charge in [-0.2, -0.15) is 13.2 Å². The van der Waals surface area contributed by atoms with E-state index in [0.717, 1.165) is 0 Å². The molecule has 2 atom stereocenters. The lowest BCUT2D eigenvalue weighted by Gasteiger charge is -2.35. The summed E-state index contributed by atoms with van der Waals surface area (Å²) in [6.45, 7) is -0.0711. The molecule has 0 aromatic heterocycles. The minimum absolute atomic E-state index is 0.0711. The van der Waals surface area contributed by atoms with Gasteiger partial charge in [-0.25, -0.2) is 0 Å². The molecule has 34 heavy (non-hydrogen) atoms. The Bertz CT molecular complexity index is 936.